The maximum Gasteiger partial charge on any atom is 0.331 e. The Morgan fingerprint density at radius 3 is 2.13 bits per heavy atom. The van der Waals surface area contributed by atoms with Crippen molar-refractivity contribution in [2.45, 2.75) is 26.2 Å². The highest BCUT2D eigenvalue weighted by atomic mass is 16.5. The van der Waals surface area contributed by atoms with Gasteiger partial charge in [-0.15, -0.1) is 0 Å². The second kappa shape index (κ2) is 11.6. The minimum atomic E-state index is -0.643. The summed E-state index contributed by atoms with van der Waals surface area (Å²) in [7, 11) is 4.53. The molecule has 2 aromatic rings. The second-order valence-electron chi connectivity index (χ2n) is 6.88. The number of hydrogen-bond donors (Lipinski definition) is 1. The molecule has 0 aliphatic carbocycles. The fourth-order valence-electron chi connectivity index (χ4n) is 2.87. The zero-order valence-electron chi connectivity index (χ0n) is 18.6. The second-order valence-corrected chi connectivity index (χ2v) is 6.88. The van der Waals surface area contributed by atoms with Crippen LogP contribution in [0.4, 0.5) is 5.69 Å². The quantitative estimate of drug-likeness (QED) is 0.446. The van der Waals surface area contributed by atoms with Gasteiger partial charge in [0.1, 0.15) is 0 Å². The monoisotopic (exact) mass is 427 g/mol. The Labute approximate surface area is 183 Å². The van der Waals surface area contributed by atoms with E-state index in [9.17, 15) is 9.59 Å². The summed E-state index contributed by atoms with van der Waals surface area (Å²) in [5.41, 5.74) is 2.52. The predicted molar refractivity (Wildman–Crippen MR) is 120 cm³/mol. The van der Waals surface area contributed by atoms with Gasteiger partial charge in [-0.05, 0) is 53.8 Å². The van der Waals surface area contributed by atoms with Gasteiger partial charge in [0.2, 0.25) is 5.75 Å². The van der Waals surface area contributed by atoms with Crippen molar-refractivity contribution in [2.24, 2.45) is 0 Å². The van der Waals surface area contributed by atoms with E-state index < -0.39 is 11.9 Å². The van der Waals surface area contributed by atoms with Crippen LogP contribution in [0.25, 0.3) is 6.08 Å². The molecule has 0 unspecified atom stereocenters. The van der Waals surface area contributed by atoms with E-state index in [1.807, 2.05) is 24.3 Å². The average molecular weight is 427 g/mol. The van der Waals surface area contributed by atoms with Crippen LogP contribution in [0.1, 0.15) is 37.3 Å². The Morgan fingerprint density at radius 2 is 1.61 bits per heavy atom. The van der Waals surface area contributed by atoms with E-state index in [0.717, 1.165) is 6.42 Å². The fraction of sp³-hybridized carbons (Fsp3) is 0.333. The first-order valence-electron chi connectivity index (χ1n) is 9.96. The third-order valence-corrected chi connectivity index (χ3v) is 4.82. The van der Waals surface area contributed by atoms with E-state index in [4.69, 9.17) is 18.9 Å². The zero-order valence-corrected chi connectivity index (χ0v) is 18.6. The molecule has 0 saturated carbocycles. The van der Waals surface area contributed by atoms with Gasteiger partial charge in [0.15, 0.2) is 18.1 Å². The number of nitrogens with one attached hydrogen (secondary N) is 1. The first kappa shape index (κ1) is 23.8. The number of anilines is 1. The van der Waals surface area contributed by atoms with Gasteiger partial charge in [0, 0.05) is 11.8 Å². The maximum absolute atomic E-state index is 12.0. The van der Waals surface area contributed by atoms with Crippen molar-refractivity contribution in [1.29, 1.82) is 0 Å². The summed E-state index contributed by atoms with van der Waals surface area (Å²) in [6.07, 6.45) is 3.82. The molecule has 166 valence electrons. The van der Waals surface area contributed by atoms with Crippen LogP contribution in [0.15, 0.2) is 42.5 Å². The Bertz CT molecular complexity index is 895. The van der Waals surface area contributed by atoms with Crippen molar-refractivity contribution in [3.8, 4) is 17.2 Å². The molecule has 0 aromatic heterocycles. The molecule has 1 atom stereocenters. The van der Waals surface area contributed by atoms with Gasteiger partial charge in [-0.1, -0.05) is 26.0 Å². The number of carbonyl (C=O) groups excluding carboxylic acids is 2. The lowest BCUT2D eigenvalue weighted by Gasteiger charge is -2.12. The molecule has 0 aliphatic rings. The molecule has 0 spiro atoms. The number of amides is 1. The fourth-order valence-corrected chi connectivity index (χ4v) is 2.87. The van der Waals surface area contributed by atoms with E-state index in [1.54, 1.807) is 18.2 Å². The highest BCUT2D eigenvalue weighted by Gasteiger charge is 2.12. The van der Waals surface area contributed by atoms with Gasteiger partial charge in [-0.3, -0.25) is 4.79 Å². The molecule has 0 aliphatic heterocycles. The van der Waals surface area contributed by atoms with Crippen LogP contribution in [0.5, 0.6) is 17.2 Å². The lowest BCUT2D eigenvalue weighted by molar-refractivity contribution is -0.142. The first-order chi connectivity index (χ1) is 14.9. The Morgan fingerprint density at radius 1 is 1.00 bits per heavy atom. The topological polar surface area (TPSA) is 83.1 Å². The summed E-state index contributed by atoms with van der Waals surface area (Å²) >= 11 is 0. The summed E-state index contributed by atoms with van der Waals surface area (Å²) in [4.78, 5) is 24.0. The number of hydrogen-bond acceptors (Lipinski definition) is 6. The minimum absolute atomic E-state index is 0.383. The van der Waals surface area contributed by atoms with Crippen LogP contribution in [0.3, 0.4) is 0 Å². The molecule has 1 amide bonds. The third-order valence-electron chi connectivity index (χ3n) is 4.82. The lowest BCUT2D eigenvalue weighted by Crippen LogP contribution is -2.20. The van der Waals surface area contributed by atoms with Crippen molar-refractivity contribution in [1.82, 2.24) is 0 Å². The van der Waals surface area contributed by atoms with Crippen LogP contribution >= 0.6 is 0 Å². The van der Waals surface area contributed by atoms with Crippen molar-refractivity contribution < 1.29 is 28.5 Å². The molecule has 7 nitrogen and oxygen atoms in total. The van der Waals surface area contributed by atoms with Gasteiger partial charge < -0.3 is 24.3 Å². The Balaban J connectivity index is 1.91. The van der Waals surface area contributed by atoms with E-state index in [2.05, 4.69) is 19.2 Å². The number of benzene rings is 2. The molecule has 0 saturated heterocycles. The zero-order chi connectivity index (χ0) is 22.8. The lowest BCUT2D eigenvalue weighted by atomic mass is 9.99. The van der Waals surface area contributed by atoms with Gasteiger partial charge in [-0.2, -0.15) is 0 Å². The van der Waals surface area contributed by atoms with Crippen molar-refractivity contribution in [3.05, 3.63) is 53.6 Å². The molecule has 0 bridgehead atoms. The number of ether oxygens (including phenoxy) is 4. The SMILES string of the molecule is CC[C@@H](C)c1ccc(NC(=O)COC(=O)/C=C/c2cc(OC)c(OC)c(OC)c2)cc1. The van der Waals surface area contributed by atoms with Crippen molar-refractivity contribution in [2.75, 3.05) is 33.3 Å². The summed E-state index contributed by atoms with van der Waals surface area (Å²) in [5, 5.41) is 2.71. The van der Waals surface area contributed by atoms with Gasteiger partial charge in [0.25, 0.3) is 5.91 Å². The standard InChI is InChI=1S/C24H29NO6/c1-6-16(2)18-8-10-19(11-9-18)25-22(26)15-31-23(27)12-7-17-13-20(28-3)24(30-5)21(14-17)29-4/h7-14,16H,6,15H2,1-5H3,(H,25,26)/b12-7+/t16-/m1/s1. The van der Waals surface area contributed by atoms with Gasteiger partial charge >= 0.3 is 5.97 Å². The molecule has 1 N–H and O–H groups in total. The summed E-state index contributed by atoms with van der Waals surface area (Å²) in [6.45, 7) is 3.90. The molecular formula is C24H29NO6. The van der Waals surface area contributed by atoms with Crippen LogP contribution in [-0.4, -0.2) is 39.8 Å². The number of esters is 1. The number of rotatable bonds is 10. The highest BCUT2D eigenvalue weighted by Crippen LogP contribution is 2.38. The maximum atomic E-state index is 12.0. The molecule has 0 radical (unpaired) electrons. The smallest absolute Gasteiger partial charge is 0.331 e. The summed E-state index contributed by atoms with van der Waals surface area (Å²) < 4.78 is 20.8. The first-order valence-corrected chi connectivity index (χ1v) is 9.96. The van der Waals surface area contributed by atoms with Gasteiger partial charge in [0.05, 0.1) is 21.3 Å². The van der Waals surface area contributed by atoms with Crippen LogP contribution in [-0.2, 0) is 14.3 Å². The summed E-state index contributed by atoms with van der Waals surface area (Å²) in [6, 6.07) is 11.0. The van der Waals surface area contributed by atoms with Crippen LogP contribution in [0.2, 0.25) is 0 Å². The number of methoxy groups -OCH3 is 3. The molecule has 2 aromatic carbocycles. The van der Waals surface area contributed by atoms with Crippen LogP contribution < -0.4 is 19.5 Å². The van der Waals surface area contributed by atoms with E-state index in [-0.39, 0.29) is 6.61 Å². The largest absolute Gasteiger partial charge is 0.493 e. The van der Waals surface area contributed by atoms with E-state index in [0.29, 0.717) is 34.4 Å². The average Bonchev–Trinajstić information content (AvgIpc) is 2.80. The van der Waals surface area contributed by atoms with Gasteiger partial charge in [-0.25, -0.2) is 4.79 Å². The molecule has 0 fully saturated rings. The van der Waals surface area contributed by atoms with Crippen molar-refractivity contribution >= 4 is 23.6 Å². The highest BCUT2D eigenvalue weighted by molar-refractivity contribution is 5.94. The predicted octanol–water partition coefficient (Wildman–Crippen LogP) is 4.42. The minimum Gasteiger partial charge on any atom is -0.493 e. The van der Waals surface area contributed by atoms with Crippen LogP contribution in [0, 0.1) is 0 Å². The molecule has 31 heavy (non-hydrogen) atoms. The number of carbonyl (C=O) groups is 2. The molecule has 7 heteroatoms. The third kappa shape index (κ3) is 6.77. The van der Waals surface area contributed by atoms with E-state index >= 15 is 0 Å². The Kier molecular flexibility index (Phi) is 8.94. The Hall–Kier alpha value is -3.48. The van der Waals surface area contributed by atoms with Crippen molar-refractivity contribution in [3.63, 3.8) is 0 Å². The summed E-state index contributed by atoms with van der Waals surface area (Å²) in [5.74, 6) is 0.797. The molecule has 0 heterocycles. The van der Waals surface area contributed by atoms with E-state index in [1.165, 1.54) is 33.0 Å². The molecule has 2 rings (SSSR count). The molecular weight excluding hydrogens is 398 g/mol. The normalized spacial score (nSPS) is 11.6.